The van der Waals surface area contributed by atoms with Crippen molar-refractivity contribution < 1.29 is 0 Å². The van der Waals surface area contributed by atoms with Gasteiger partial charge in [-0.15, -0.1) is 0 Å². The van der Waals surface area contributed by atoms with Crippen molar-refractivity contribution >= 4 is 5.84 Å². The Labute approximate surface area is 192 Å². The maximum atomic E-state index is 5.39. The Kier molecular flexibility index (Phi) is 12.9. The van der Waals surface area contributed by atoms with Crippen LogP contribution in [-0.2, 0) is 19.4 Å². The van der Waals surface area contributed by atoms with Crippen LogP contribution in [0.4, 0.5) is 0 Å². The van der Waals surface area contributed by atoms with E-state index in [0.717, 1.165) is 47.7 Å². The molecule has 3 aromatic rings. The van der Waals surface area contributed by atoms with Crippen LogP contribution in [-0.4, -0.2) is 20.6 Å². The molecule has 0 saturated carbocycles. The fourth-order valence-electron chi connectivity index (χ4n) is 2.99. The van der Waals surface area contributed by atoms with Gasteiger partial charge in [-0.05, 0) is 42.7 Å². The summed E-state index contributed by atoms with van der Waals surface area (Å²) in [5.74, 6) is 13.3. The number of aryl methyl sites for hydroxylation is 3. The number of rotatable bonds is 7. The number of hydrogen-bond acceptors (Lipinski definition) is 5. The first-order valence-electron chi connectivity index (χ1n) is 11.3. The highest BCUT2D eigenvalue weighted by Gasteiger charge is 2.09. The number of amidine groups is 1. The van der Waals surface area contributed by atoms with Gasteiger partial charge in [0.2, 0.25) is 0 Å². The second-order valence-electron chi connectivity index (χ2n) is 6.61. The zero-order chi connectivity index (χ0) is 23.8. The molecule has 32 heavy (non-hydrogen) atoms. The van der Waals surface area contributed by atoms with Crippen LogP contribution in [0.5, 0.6) is 0 Å². The average Bonchev–Trinajstić information content (AvgIpc) is 3.28. The molecule has 0 aliphatic rings. The molecule has 0 spiro atoms. The van der Waals surface area contributed by atoms with Crippen LogP contribution in [0.3, 0.4) is 0 Å². The Bertz CT molecular complexity index is 917. The number of benzene rings is 1. The minimum Gasteiger partial charge on any atom is -0.321 e. The van der Waals surface area contributed by atoms with E-state index in [-0.39, 0.29) is 0 Å². The van der Waals surface area contributed by atoms with Crippen LogP contribution in [0.25, 0.3) is 11.1 Å². The first-order chi connectivity index (χ1) is 15.7. The predicted octanol–water partition coefficient (Wildman–Crippen LogP) is 4.27. The van der Waals surface area contributed by atoms with E-state index in [2.05, 4.69) is 53.5 Å². The van der Waals surface area contributed by atoms with Crippen molar-refractivity contribution in [3.8, 4) is 11.1 Å². The lowest BCUT2D eigenvalue weighted by Gasteiger charge is -2.10. The van der Waals surface area contributed by atoms with Crippen LogP contribution in [0.2, 0.25) is 0 Å². The molecule has 7 nitrogen and oxygen atoms in total. The van der Waals surface area contributed by atoms with Gasteiger partial charge < -0.3 is 11.3 Å². The zero-order valence-electron chi connectivity index (χ0n) is 20.0. The molecule has 2 aromatic carbocycles. The van der Waals surface area contributed by atoms with Crippen LogP contribution >= 0.6 is 0 Å². The van der Waals surface area contributed by atoms with Gasteiger partial charge in [-0.1, -0.05) is 70.5 Å². The molecule has 1 heterocycles. The van der Waals surface area contributed by atoms with Gasteiger partial charge in [-0.2, -0.15) is 10.2 Å². The summed E-state index contributed by atoms with van der Waals surface area (Å²) in [6.45, 7) is 11.3. The van der Waals surface area contributed by atoms with Gasteiger partial charge in [0.25, 0.3) is 0 Å². The van der Waals surface area contributed by atoms with Crippen molar-refractivity contribution in [2.75, 3.05) is 0 Å². The summed E-state index contributed by atoms with van der Waals surface area (Å²) in [5.41, 5.74) is 5.33. The number of unbranched alkanes of at least 4 members (excludes halogenated alkanes) is 1. The molecule has 1 aromatic heterocycles. The fraction of sp³-hybridized carbons (Fsp3) is 0.400. The van der Waals surface area contributed by atoms with Crippen LogP contribution in [0.1, 0.15) is 64.7 Å². The molecule has 0 aliphatic heterocycles. The van der Waals surface area contributed by atoms with Crippen molar-refractivity contribution in [3.63, 3.8) is 0 Å². The molecule has 0 fully saturated rings. The third-order valence-electron chi connectivity index (χ3n) is 4.58. The third kappa shape index (κ3) is 7.71. The van der Waals surface area contributed by atoms with Gasteiger partial charge >= 0.3 is 0 Å². The minimum absolute atomic E-state index is 0.438. The number of aromatic nitrogens is 3. The predicted molar refractivity (Wildman–Crippen MR) is 133 cm³/mol. The smallest absolute Gasteiger partial charge is 0.167 e. The fourth-order valence-corrected chi connectivity index (χ4v) is 2.99. The topological polar surface area (TPSA) is 107 Å². The van der Waals surface area contributed by atoms with Crippen molar-refractivity contribution in [1.29, 1.82) is 0 Å². The lowest BCUT2D eigenvalue weighted by molar-refractivity contribution is 0.596. The van der Waals surface area contributed by atoms with E-state index in [1.165, 1.54) is 12.8 Å². The Hall–Kier alpha value is -3.37. The molecule has 0 saturated heterocycles. The molecule has 5 N–H and O–H groups in total. The number of hydrazone groups is 1. The number of nitrogens with two attached hydrogens (primary N) is 2. The van der Waals surface area contributed by atoms with E-state index in [1.54, 1.807) is 6.07 Å². The first kappa shape index (κ1) is 26.7. The number of nitrogens with zero attached hydrogens (tertiary/aromatic N) is 4. The Morgan fingerprint density at radius 2 is 1.88 bits per heavy atom. The van der Waals surface area contributed by atoms with E-state index < -0.39 is 0 Å². The number of nitrogens with one attached hydrogen (secondary N) is 1. The molecule has 0 aliphatic carbocycles. The van der Waals surface area contributed by atoms with Crippen molar-refractivity contribution in [3.05, 3.63) is 71.8 Å². The summed E-state index contributed by atoms with van der Waals surface area (Å²) in [4.78, 5) is 4.49. The highest BCUT2D eigenvalue weighted by atomic mass is 15.3. The monoisotopic (exact) mass is 435 g/mol. The van der Waals surface area contributed by atoms with Gasteiger partial charge in [-0.3, -0.25) is 4.68 Å². The van der Waals surface area contributed by atoms with E-state index in [4.69, 9.17) is 11.7 Å². The van der Waals surface area contributed by atoms with E-state index in [1.807, 2.05) is 54.9 Å². The van der Waals surface area contributed by atoms with E-state index in [0.29, 0.717) is 5.84 Å². The lowest BCUT2D eigenvalue weighted by Crippen LogP contribution is -2.32. The second kappa shape index (κ2) is 15.4. The quantitative estimate of drug-likeness (QED) is 0.222. The molecular weight excluding hydrogens is 398 g/mol. The number of hydrazine groups is 1. The standard InChI is InChI=1S/C13H12N4.C10H19N3.C2H6/c14-16-13(17-15)12-9-5-4-8-11(12)10-6-2-1-3-7-10;1-4-7-8-10-11-9(5-2)12-13(10)6-3;1-2/h2,4-9H,14-15H2,(H,16,17);4-8H2,1-3H3;1-2H3. The van der Waals surface area contributed by atoms with Gasteiger partial charge in [0.05, 0.1) is 0 Å². The molecule has 172 valence electrons. The molecule has 0 unspecified atom stereocenters. The molecule has 0 atom stereocenters. The maximum Gasteiger partial charge on any atom is 0.167 e. The summed E-state index contributed by atoms with van der Waals surface area (Å²) in [5, 5.41) is 8.03. The molecule has 3 rings (SSSR count). The molecule has 0 bridgehead atoms. The Morgan fingerprint density at radius 1 is 1.12 bits per heavy atom. The molecule has 0 radical (unpaired) electrons. The number of hydrogen-bond donors (Lipinski definition) is 3. The summed E-state index contributed by atoms with van der Waals surface area (Å²) in [7, 11) is 0. The first-order valence-corrected chi connectivity index (χ1v) is 11.3. The molecular formula is C25H37N7. The van der Waals surface area contributed by atoms with Gasteiger partial charge in [0.15, 0.2) is 11.7 Å². The third-order valence-corrected chi connectivity index (χ3v) is 4.58. The maximum absolute atomic E-state index is 5.39. The minimum atomic E-state index is 0.438. The van der Waals surface area contributed by atoms with Gasteiger partial charge in [-0.25, -0.2) is 10.8 Å². The SMILES string of the molecule is CC.CCCCc1nc(CC)nn1CC.N/N=C(\NN)c1ccccc1-c1cc#ccc1. The van der Waals surface area contributed by atoms with E-state index in [9.17, 15) is 0 Å². The van der Waals surface area contributed by atoms with Crippen molar-refractivity contribution in [2.45, 2.75) is 66.8 Å². The van der Waals surface area contributed by atoms with Crippen LogP contribution < -0.4 is 17.1 Å². The summed E-state index contributed by atoms with van der Waals surface area (Å²) in [6, 6.07) is 19.1. The lowest BCUT2D eigenvalue weighted by atomic mass is 10.00. The van der Waals surface area contributed by atoms with Gasteiger partial charge in [0.1, 0.15) is 5.82 Å². The highest BCUT2D eigenvalue weighted by molar-refractivity contribution is 6.03. The van der Waals surface area contributed by atoms with Crippen molar-refractivity contribution in [2.24, 2.45) is 16.8 Å². The average molecular weight is 436 g/mol. The van der Waals surface area contributed by atoms with Gasteiger partial charge in [0, 0.05) is 24.9 Å². The Morgan fingerprint density at radius 3 is 2.44 bits per heavy atom. The normalized spacial score (nSPS) is 10.2. The summed E-state index contributed by atoms with van der Waals surface area (Å²) >= 11 is 0. The van der Waals surface area contributed by atoms with Crippen LogP contribution in [0.15, 0.2) is 47.6 Å². The highest BCUT2D eigenvalue weighted by Crippen LogP contribution is 2.22. The van der Waals surface area contributed by atoms with E-state index >= 15 is 0 Å². The molecule has 7 heteroatoms. The molecule has 0 amide bonds. The Balaban J connectivity index is 0.000000307. The van der Waals surface area contributed by atoms with Crippen molar-refractivity contribution in [1.82, 2.24) is 20.2 Å². The second-order valence-corrected chi connectivity index (χ2v) is 6.61. The van der Waals surface area contributed by atoms with Crippen LogP contribution in [0, 0.1) is 12.1 Å². The summed E-state index contributed by atoms with van der Waals surface area (Å²) < 4.78 is 2.02. The largest absolute Gasteiger partial charge is 0.321 e. The summed E-state index contributed by atoms with van der Waals surface area (Å²) in [6.07, 6.45) is 4.43. The zero-order valence-corrected chi connectivity index (χ0v) is 20.0.